The molecule has 0 bridgehead atoms. The topological polar surface area (TPSA) is 63.4 Å². The number of nitrogens with two attached hydrogens (primary N) is 1. The van der Waals surface area contributed by atoms with Gasteiger partial charge in [0, 0.05) is 29.5 Å². The van der Waals surface area contributed by atoms with Crippen LogP contribution in [0, 0.1) is 6.92 Å². The maximum Gasteiger partial charge on any atom is 0.244 e. The van der Waals surface area contributed by atoms with Gasteiger partial charge < -0.3 is 5.73 Å². The van der Waals surface area contributed by atoms with Crippen LogP contribution in [0.3, 0.4) is 0 Å². The van der Waals surface area contributed by atoms with Crippen molar-refractivity contribution < 1.29 is 8.42 Å². The van der Waals surface area contributed by atoms with E-state index < -0.39 is 10.0 Å². The summed E-state index contributed by atoms with van der Waals surface area (Å²) in [4.78, 5) is 0.295. The van der Waals surface area contributed by atoms with Crippen molar-refractivity contribution in [1.82, 2.24) is 4.31 Å². The van der Waals surface area contributed by atoms with Gasteiger partial charge in [0.1, 0.15) is 0 Å². The van der Waals surface area contributed by atoms with E-state index in [1.54, 1.807) is 6.07 Å². The maximum absolute atomic E-state index is 12.9. The van der Waals surface area contributed by atoms with Crippen LogP contribution in [0.2, 0.25) is 0 Å². The largest absolute Gasteiger partial charge is 0.326 e. The predicted molar refractivity (Wildman–Crippen MR) is 94.8 cm³/mol. The maximum atomic E-state index is 12.9. The number of aryl methyl sites for hydroxylation is 1. The average molecular weight is 395 g/mol. The third kappa shape index (κ3) is 3.21. The first kappa shape index (κ1) is 16.6. The van der Waals surface area contributed by atoms with Gasteiger partial charge in [-0.2, -0.15) is 4.31 Å². The zero-order valence-electron chi connectivity index (χ0n) is 12.8. The van der Waals surface area contributed by atoms with Crippen molar-refractivity contribution in [1.29, 1.82) is 0 Å². The van der Waals surface area contributed by atoms with E-state index in [1.807, 2.05) is 49.4 Å². The van der Waals surface area contributed by atoms with Gasteiger partial charge in [0.05, 0.1) is 4.90 Å². The molecule has 3 rings (SSSR count). The summed E-state index contributed by atoms with van der Waals surface area (Å²) in [5.74, 6) is 0.0233. The molecule has 1 aliphatic rings. The van der Waals surface area contributed by atoms with E-state index >= 15 is 0 Å². The van der Waals surface area contributed by atoms with Crippen molar-refractivity contribution in [2.75, 3.05) is 13.1 Å². The van der Waals surface area contributed by atoms with Crippen molar-refractivity contribution in [3.63, 3.8) is 0 Å². The molecule has 23 heavy (non-hydrogen) atoms. The van der Waals surface area contributed by atoms with E-state index in [2.05, 4.69) is 15.9 Å². The number of hydrogen-bond donors (Lipinski definition) is 1. The van der Waals surface area contributed by atoms with Gasteiger partial charge in [0.2, 0.25) is 10.0 Å². The lowest BCUT2D eigenvalue weighted by atomic mass is 9.95. The Morgan fingerprint density at radius 2 is 1.83 bits per heavy atom. The van der Waals surface area contributed by atoms with Gasteiger partial charge >= 0.3 is 0 Å². The zero-order valence-corrected chi connectivity index (χ0v) is 15.2. The fraction of sp³-hybridized carbons (Fsp3) is 0.294. The van der Waals surface area contributed by atoms with E-state index in [1.165, 1.54) is 4.31 Å². The second kappa shape index (κ2) is 6.36. The van der Waals surface area contributed by atoms with Crippen molar-refractivity contribution in [2.24, 2.45) is 5.73 Å². The molecule has 0 aliphatic carbocycles. The summed E-state index contributed by atoms with van der Waals surface area (Å²) in [6, 6.07) is 14.9. The fourth-order valence-electron chi connectivity index (χ4n) is 2.99. The van der Waals surface area contributed by atoms with Gasteiger partial charge in [-0.05, 0) is 46.1 Å². The lowest BCUT2D eigenvalue weighted by molar-refractivity contribution is 0.469. The van der Waals surface area contributed by atoms with E-state index in [0.717, 1.165) is 11.1 Å². The highest BCUT2D eigenvalue weighted by molar-refractivity contribution is 9.10. The van der Waals surface area contributed by atoms with Crippen LogP contribution >= 0.6 is 15.9 Å². The molecule has 0 amide bonds. The predicted octanol–water partition coefficient (Wildman–Crippen LogP) is 2.87. The molecule has 0 saturated carbocycles. The van der Waals surface area contributed by atoms with Crippen LogP contribution in [0.5, 0.6) is 0 Å². The number of nitrogens with zero attached hydrogens (tertiary/aromatic N) is 1. The highest BCUT2D eigenvalue weighted by Crippen LogP contribution is 2.33. The smallest absolute Gasteiger partial charge is 0.244 e. The molecule has 0 radical (unpaired) electrons. The van der Waals surface area contributed by atoms with Crippen LogP contribution in [0.1, 0.15) is 17.0 Å². The molecule has 1 aliphatic heterocycles. The SMILES string of the molecule is Cc1ccc(S(=O)(=O)N2C[C@@H](N)[C@H](c3ccccc3)C2)c(Br)c1. The van der Waals surface area contributed by atoms with Crippen LogP contribution < -0.4 is 5.73 Å². The Bertz CT molecular complexity index is 809. The third-order valence-corrected chi connectivity index (χ3v) is 7.07. The summed E-state index contributed by atoms with van der Waals surface area (Å²) in [7, 11) is -3.55. The lowest BCUT2D eigenvalue weighted by Gasteiger charge is -2.17. The van der Waals surface area contributed by atoms with Crippen LogP contribution in [-0.2, 0) is 10.0 Å². The second-order valence-electron chi connectivity index (χ2n) is 5.94. The van der Waals surface area contributed by atoms with E-state index in [4.69, 9.17) is 5.73 Å². The second-order valence-corrected chi connectivity index (χ2v) is 8.70. The molecule has 2 aromatic carbocycles. The number of hydrogen-bond acceptors (Lipinski definition) is 3. The number of benzene rings is 2. The van der Waals surface area contributed by atoms with Crippen LogP contribution in [0.15, 0.2) is 57.9 Å². The summed E-state index contributed by atoms with van der Waals surface area (Å²) < 4.78 is 27.9. The molecule has 0 unspecified atom stereocenters. The van der Waals surface area contributed by atoms with Gasteiger partial charge in [-0.25, -0.2) is 8.42 Å². The Morgan fingerprint density at radius 3 is 2.48 bits per heavy atom. The zero-order chi connectivity index (χ0) is 16.6. The Kier molecular flexibility index (Phi) is 4.60. The molecular weight excluding hydrogens is 376 g/mol. The molecule has 1 heterocycles. The van der Waals surface area contributed by atoms with E-state index in [-0.39, 0.29) is 12.0 Å². The normalized spacial score (nSPS) is 22.4. The lowest BCUT2D eigenvalue weighted by Crippen LogP contribution is -2.32. The van der Waals surface area contributed by atoms with Crippen LogP contribution in [0.25, 0.3) is 0 Å². The molecule has 1 saturated heterocycles. The molecule has 2 aromatic rings. The van der Waals surface area contributed by atoms with Gasteiger partial charge in [0.25, 0.3) is 0 Å². The summed E-state index contributed by atoms with van der Waals surface area (Å²) in [6.07, 6.45) is 0. The van der Waals surface area contributed by atoms with Gasteiger partial charge in [-0.15, -0.1) is 0 Å². The van der Waals surface area contributed by atoms with Crippen molar-refractivity contribution >= 4 is 26.0 Å². The van der Waals surface area contributed by atoms with Crippen molar-refractivity contribution in [2.45, 2.75) is 23.8 Å². The summed E-state index contributed by atoms with van der Waals surface area (Å²) in [5.41, 5.74) is 8.31. The monoisotopic (exact) mass is 394 g/mol. The first-order chi connectivity index (χ1) is 10.9. The number of sulfonamides is 1. The standard InChI is InChI=1S/C17H19BrN2O2S/c1-12-7-8-17(15(18)9-12)23(21,22)20-10-14(16(19)11-20)13-5-3-2-4-6-13/h2-9,14,16H,10-11,19H2,1H3/t14-,16+/m0/s1. The van der Waals surface area contributed by atoms with Gasteiger partial charge in [-0.1, -0.05) is 36.4 Å². The van der Waals surface area contributed by atoms with E-state index in [9.17, 15) is 8.42 Å². The fourth-order valence-corrected chi connectivity index (χ4v) is 5.65. The van der Waals surface area contributed by atoms with Gasteiger partial charge in [0.15, 0.2) is 0 Å². The van der Waals surface area contributed by atoms with Crippen molar-refractivity contribution in [3.05, 3.63) is 64.1 Å². The third-order valence-electron chi connectivity index (χ3n) is 4.26. The number of rotatable bonds is 3. The van der Waals surface area contributed by atoms with Crippen LogP contribution in [-0.4, -0.2) is 31.9 Å². The highest BCUT2D eigenvalue weighted by Gasteiger charge is 2.38. The minimum absolute atomic E-state index is 0.0233. The molecule has 122 valence electrons. The Balaban J connectivity index is 1.90. The quantitative estimate of drug-likeness (QED) is 0.870. The molecule has 1 fully saturated rings. The Hall–Kier alpha value is -1.21. The highest BCUT2D eigenvalue weighted by atomic mass is 79.9. The average Bonchev–Trinajstić information content (AvgIpc) is 2.90. The summed E-state index contributed by atoms with van der Waals surface area (Å²) in [6.45, 7) is 2.68. The molecular formula is C17H19BrN2O2S. The molecule has 2 atom stereocenters. The molecule has 6 heteroatoms. The first-order valence-electron chi connectivity index (χ1n) is 7.46. The Morgan fingerprint density at radius 1 is 1.13 bits per heavy atom. The molecule has 0 aromatic heterocycles. The Labute approximate surface area is 145 Å². The molecule has 2 N–H and O–H groups in total. The van der Waals surface area contributed by atoms with Crippen LogP contribution in [0.4, 0.5) is 0 Å². The summed E-state index contributed by atoms with van der Waals surface area (Å²) in [5, 5.41) is 0. The minimum Gasteiger partial charge on any atom is -0.326 e. The van der Waals surface area contributed by atoms with E-state index in [0.29, 0.717) is 22.5 Å². The summed E-state index contributed by atoms with van der Waals surface area (Å²) >= 11 is 3.37. The van der Waals surface area contributed by atoms with Crippen molar-refractivity contribution in [3.8, 4) is 0 Å². The van der Waals surface area contributed by atoms with Gasteiger partial charge in [-0.3, -0.25) is 0 Å². The first-order valence-corrected chi connectivity index (χ1v) is 9.70. The number of halogens is 1. The molecule has 4 nitrogen and oxygen atoms in total. The minimum atomic E-state index is -3.55. The molecule has 0 spiro atoms.